The van der Waals surface area contributed by atoms with Crippen LogP contribution in [0.4, 0.5) is 0 Å². The summed E-state index contributed by atoms with van der Waals surface area (Å²) in [6.07, 6.45) is 1.67. The van der Waals surface area contributed by atoms with Crippen molar-refractivity contribution in [2.45, 2.75) is 20.0 Å². The average molecular weight is 336 g/mol. The Morgan fingerprint density at radius 1 is 1.20 bits per heavy atom. The van der Waals surface area contributed by atoms with Crippen LogP contribution in [-0.2, 0) is 13.1 Å². The van der Waals surface area contributed by atoms with Crippen molar-refractivity contribution < 1.29 is 4.42 Å². The first-order valence-electron chi connectivity index (χ1n) is 6.57. The lowest BCUT2D eigenvalue weighted by atomic mass is 10.2. The summed E-state index contributed by atoms with van der Waals surface area (Å²) >= 11 is 3.43. The fourth-order valence-corrected chi connectivity index (χ4v) is 1.95. The molecule has 0 saturated heterocycles. The molecule has 106 valence electrons. The summed E-state index contributed by atoms with van der Waals surface area (Å²) in [6, 6.07) is 12.0. The summed E-state index contributed by atoms with van der Waals surface area (Å²) in [7, 11) is 0. The molecule has 2 N–H and O–H groups in total. The van der Waals surface area contributed by atoms with Gasteiger partial charge in [0, 0.05) is 11.0 Å². The molecule has 0 spiro atoms. The number of furan rings is 1. The number of hydrogen-bond acceptors (Lipinski definition) is 2. The topological polar surface area (TPSA) is 49.6 Å². The molecule has 0 aliphatic rings. The predicted octanol–water partition coefficient (Wildman–Crippen LogP) is 3.30. The number of hydrogen-bond donors (Lipinski definition) is 2. The standard InChI is InChI=1S/C15H18BrN3O/c1-2-17-15(19-11-14-4-3-9-20-14)18-10-12-5-7-13(16)8-6-12/h3-9H,2,10-11H2,1H3,(H2,17,18,19). The van der Waals surface area contributed by atoms with E-state index in [0.717, 1.165) is 22.7 Å². The molecular formula is C15H18BrN3O. The third-order valence-electron chi connectivity index (χ3n) is 2.69. The van der Waals surface area contributed by atoms with Gasteiger partial charge in [0.2, 0.25) is 0 Å². The van der Waals surface area contributed by atoms with Crippen molar-refractivity contribution in [3.05, 3.63) is 58.5 Å². The van der Waals surface area contributed by atoms with Gasteiger partial charge in [-0.3, -0.25) is 0 Å². The molecule has 0 atom stereocenters. The van der Waals surface area contributed by atoms with E-state index in [-0.39, 0.29) is 0 Å². The maximum atomic E-state index is 5.29. The molecule has 1 aromatic carbocycles. The maximum absolute atomic E-state index is 5.29. The van der Waals surface area contributed by atoms with Crippen molar-refractivity contribution in [3.8, 4) is 0 Å². The molecule has 0 aliphatic carbocycles. The van der Waals surface area contributed by atoms with Crippen LogP contribution in [0.1, 0.15) is 18.2 Å². The minimum Gasteiger partial charge on any atom is -0.467 e. The average Bonchev–Trinajstić information content (AvgIpc) is 2.97. The van der Waals surface area contributed by atoms with Gasteiger partial charge < -0.3 is 15.1 Å². The zero-order valence-electron chi connectivity index (χ0n) is 11.4. The third kappa shape index (κ3) is 4.74. The van der Waals surface area contributed by atoms with Crippen LogP contribution in [-0.4, -0.2) is 12.5 Å². The molecule has 0 amide bonds. The van der Waals surface area contributed by atoms with Crippen LogP contribution >= 0.6 is 15.9 Å². The van der Waals surface area contributed by atoms with Crippen molar-refractivity contribution in [3.63, 3.8) is 0 Å². The Balaban J connectivity index is 1.92. The first kappa shape index (κ1) is 14.7. The molecule has 20 heavy (non-hydrogen) atoms. The van der Waals surface area contributed by atoms with Gasteiger partial charge in [0.1, 0.15) is 5.76 Å². The van der Waals surface area contributed by atoms with E-state index in [2.05, 4.69) is 43.7 Å². The SMILES string of the molecule is CCNC(=NCc1ccc(Br)cc1)NCc1ccco1. The van der Waals surface area contributed by atoms with E-state index in [1.165, 1.54) is 5.56 Å². The van der Waals surface area contributed by atoms with E-state index in [4.69, 9.17) is 4.42 Å². The number of nitrogens with zero attached hydrogens (tertiary/aromatic N) is 1. The number of nitrogens with one attached hydrogen (secondary N) is 2. The fourth-order valence-electron chi connectivity index (χ4n) is 1.69. The zero-order chi connectivity index (χ0) is 14.2. The number of guanidine groups is 1. The molecule has 1 aromatic heterocycles. The molecule has 0 bridgehead atoms. The minimum absolute atomic E-state index is 0.624. The number of aliphatic imine (C=N–C) groups is 1. The largest absolute Gasteiger partial charge is 0.467 e. The van der Waals surface area contributed by atoms with Gasteiger partial charge in [-0.2, -0.15) is 0 Å². The highest BCUT2D eigenvalue weighted by Crippen LogP contribution is 2.11. The van der Waals surface area contributed by atoms with Crippen molar-refractivity contribution in [1.82, 2.24) is 10.6 Å². The van der Waals surface area contributed by atoms with Gasteiger partial charge in [-0.25, -0.2) is 4.99 Å². The summed E-state index contributed by atoms with van der Waals surface area (Å²) in [5.74, 6) is 1.67. The molecule has 2 rings (SSSR count). The monoisotopic (exact) mass is 335 g/mol. The highest BCUT2D eigenvalue weighted by atomic mass is 79.9. The van der Waals surface area contributed by atoms with Crippen molar-refractivity contribution >= 4 is 21.9 Å². The summed E-state index contributed by atoms with van der Waals surface area (Å²) < 4.78 is 6.36. The molecule has 0 aliphatic heterocycles. The van der Waals surface area contributed by atoms with Crippen molar-refractivity contribution in [2.75, 3.05) is 6.54 Å². The van der Waals surface area contributed by atoms with Gasteiger partial charge >= 0.3 is 0 Å². The molecule has 1 heterocycles. The van der Waals surface area contributed by atoms with Gasteiger partial charge in [-0.05, 0) is 36.8 Å². The van der Waals surface area contributed by atoms with Crippen LogP contribution in [0.3, 0.4) is 0 Å². The zero-order valence-corrected chi connectivity index (χ0v) is 13.0. The van der Waals surface area contributed by atoms with E-state index >= 15 is 0 Å². The molecule has 0 fully saturated rings. The van der Waals surface area contributed by atoms with Gasteiger partial charge in [0.25, 0.3) is 0 Å². The van der Waals surface area contributed by atoms with Gasteiger partial charge in [0.15, 0.2) is 5.96 Å². The molecule has 2 aromatic rings. The number of benzene rings is 1. The molecule has 0 radical (unpaired) electrons. The summed E-state index contributed by atoms with van der Waals surface area (Å²) in [5.41, 5.74) is 1.17. The Kier molecular flexibility index (Phi) is 5.68. The number of halogens is 1. The van der Waals surface area contributed by atoms with Gasteiger partial charge in [-0.15, -0.1) is 0 Å². The normalized spacial score (nSPS) is 11.4. The van der Waals surface area contributed by atoms with Crippen LogP contribution in [0.2, 0.25) is 0 Å². The lowest BCUT2D eigenvalue weighted by molar-refractivity contribution is 0.501. The van der Waals surface area contributed by atoms with Crippen LogP contribution < -0.4 is 10.6 Å². The van der Waals surface area contributed by atoms with Crippen LogP contribution in [0, 0.1) is 0 Å². The number of rotatable bonds is 5. The van der Waals surface area contributed by atoms with E-state index < -0.39 is 0 Å². The molecule has 0 saturated carbocycles. The quantitative estimate of drug-likeness (QED) is 0.651. The maximum Gasteiger partial charge on any atom is 0.191 e. The van der Waals surface area contributed by atoms with E-state index in [1.807, 2.05) is 31.2 Å². The summed E-state index contributed by atoms with van der Waals surface area (Å²) in [4.78, 5) is 4.55. The molecule has 4 nitrogen and oxygen atoms in total. The minimum atomic E-state index is 0.624. The Morgan fingerprint density at radius 2 is 2.00 bits per heavy atom. The first-order chi connectivity index (χ1) is 9.78. The van der Waals surface area contributed by atoms with Gasteiger partial charge in [-0.1, -0.05) is 28.1 Å². The molecule has 5 heteroatoms. The Labute approximate surface area is 127 Å². The van der Waals surface area contributed by atoms with Crippen LogP contribution in [0.15, 0.2) is 56.5 Å². The summed E-state index contributed by atoms with van der Waals surface area (Å²) in [5, 5.41) is 6.46. The van der Waals surface area contributed by atoms with E-state index in [0.29, 0.717) is 13.1 Å². The third-order valence-corrected chi connectivity index (χ3v) is 3.22. The Hall–Kier alpha value is -1.75. The van der Waals surface area contributed by atoms with E-state index in [9.17, 15) is 0 Å². The molecular weight excluding hydrogens is 318 g/mol. The molecule has 0 unspecified atom stereocenters. The highest BCUT2D eigenvalue weighted by molar-refractivity contribution is 9.10. The fraction of sp³-hybridized carbons (Fsp3) is 0.267. The van der Waals surface area contributed by atoms with Crippen molar-refractivity contribution in [1.29, 1.82) is 0 Å². The van der Waals surface area contributed by atoms with Crippen LogP contribution in [0.5, 0.6) is 0 Å². The second kappa shape index (κ2) is 7.75. The van der Waals surface area contributed by atoms with E-state index in [1.54, 1.807) is 6.26 Å². The predicted molar refractivity (Wildman–Crippen MR) is 84.5 cm³/mol. The summed E-state index contributed by atoms with van der Waals surface area (Å²) in [6.45, 7) is 4.13. The highest BCUT2D eigenvalue weighted by Gasteiger charge is 2.00. The Bertz CT molecular complexity index is 535. The van der Waals surface area contributed by atoms with Crippen molar-refractivity contribution in [2.24, 2.45) is 4.99 Å². The lowest BCUT2D eigenvalue weighted by Gasteiger charge is -2.10. The lowest BCUT2D eigenvalue weighted by Crippen LogP contribution is -2.36. The smallest absolute Gasteiger partial charge is 0.191 e. The van der Waals surface area contributed by atoms with Crippen LogP contribution in [0.25, 0.3) is 0 Å². The second-order valence-corrected chi connectivity index (χ2v) is 5.17. The first-order valence-corrected chi connectivity index (χ1v) is 7.36. The van der Waals surface area contributed by atoms with Gasteiger partial charge in [0.05, 0.1) is 19.4 Å². The Morgan fingerprint density at radius 3 is 2.65 bits per heavy atom. The second-order valence-electron chi connectivity index (χ2n) is 4.25.